The van der Waals surface area contributed by atoms with E-state index in [4.69, 9.17) is 24.3 Å². The molecule has 0 saturated heterocycles. The van der Waals surface area contributed by atoms with E-state index in [1.807, 2.05) is 6.92 Å². The Morgan fingerprint density at radius 2 is 1.93 bits per heavy atom. The number of ketones is 1. The molecule has 3 N–H and O–H groups in total. The minimum atomic E-state index is -3.85. The molecule has 2 aromatic carbocycles. The summed E-state index contributed by atoms with van der Waals surface area (Å²) in [6.45, 7) is 1.62. The summed E-state index contributed by atoms with van der Waals surface area (Å²) in [4.78, 5) is 35.1. The molecule has 0 amide bonds. The van der Waals surface area contributed by atoms with Gasteiger partial charge in [-0.1, -0.05) is 35.9 Å². The van der Waals surface area contributed by atoms with Crippen molar-refractivity contribution in [2.75, 3.05) is 38.8 Å². The average molecular weight is 574 g/mol. The second-order valence-electron chi connectivity index (χ2n) is 8.81. The van der Waals surface area contributed by atoms with Gasteiger partial charge < -0.3 is 28.8 Å². The topological polar surface area (TPSA) is 161 Å². The summed E-state index contributed by atoms with van der Waals surface area (Å²) in [6, 6.07) is 11.1. The molecule has 40 heavy (non-hydrogen) atoms. The lowest BCUT2D eigenvalue weighted by atomic mass is 10.1. The fourth-order valence-corrected chi connectivity index (χ4v) is 5.04. The number of carbonyl (C=O) groups excluding carboxylic acids is 1. The number of hydrogen-bond donors (Lipinski definition) is 2. The highest BCUT2D eigenvalue weighted by atomic mass is 31.2. The van der Waals surface area contributed by atoms with Crippen LogP contribution < -0.4 is 16.0 Å². The molecule has 212 valence electrons. The molecule has 0 aliphatic carbocycles. The third kappa shape index (κ3) is 7.39. The lowest BCUT2D eigenvalue weighted by Crippen LogP contribution is -2.15. The first-order valence-corrected chi connectivity index (χ1v) is 14.0. The van der Waals surface area contributed by atoms with Gasteiger partial charge in [0.25, 0.3) is 5.56 Å². The number of fused-ring (bicyclic) bond motifs is 1. The number of carbonyl (C=O) groups is 1. The van der Waals surface area contributed by atoms with E-state index < -0.39 is 25.6 Å². The van der Waals surface area contributed by atoms with Crippen molar-refractivity contribution in [1.29, 1.82) is 0 Å². The average Bonchev–Trinajstić information content (AvgIpc) is 3.34. The van der Waals surface area contributed by atoms with Crippen LogP contribution in [0.2, 0.25) is 0 Å². The van der Waals surface area contributed by atoms with Crippen LogP contribution in [0.4, 0.5) is 10.3 Å². The molecule has 1 atom stereocenters. The Labute approximate surface area is 228 Å². The van der Waals surface area contributed by atoms with Crippen molar-refractivity contribution < 1.29 is 32.3 Å². The van der Waals surface area contributed by atoms with E-state index in [0.29, 0.717) is 16.8 Å². The number of nitrogens with two attached hydrogens (primary N) is 1. The van der Waals surface area contributed by atoms with E-state index in [1.165, 1.54) is 25.6 Å². The number of H-pyrrole nitrogens is 1. The van der Waals surface area contributed by atoms with Gasteiger partial charge in [0, 0.05) is 12.1 Å². The maximum absolute atomic E-state index is 14.1. The van der Waals surface area contributed by atoms with E-state index in [0.717, 1.165) is 5.56 Å². The highest BCUT2D eigenvalue weighted by molar-refractivity contribution is 7.53. The largest absolute Gasteiger partial charge is 0.494 e. The van der Waals surface area contributed by atoms with E-state index in [9.17, 15) is 18.5 Å². The fraction of sp³-hybridized carbons (Fsp3) is 0.308. The number of Topliss-reactive ketones (excluding diaryl/α,β-unsaturated/α-hetero) is 1. The van der Waals surface area contributed by atoms with Crippen LogP contribution in [-0.2, 0) is 31.5 Å². The molecule has 2 aromatic heterocycles. The number of aryl methyl sites for hydroxylation is 1. The minimum Gasteiger partial charge on any atom is -0.494 e. The summed E-state index contributed by atoms with van der Waals surface area (Å²) < 4.78 is 50.9. The number of methoxy groups -OCH3 is 1. The summed E-state index contributed by atoms with van der Waals surface area (Å²) in [5, 5.41) is 0. The summed E-state index contributed by atoms with van der Waals surface area (Å²) >= 11 is 0. The highest BCUT2D eigenvalue weighted by Gasteiger charge is 2.27. The number of nitrogens with zero attached hydrogens (tertiary/aromatic N) is 3. The van der Waals surface area contributed by atoms with Crippen LogP contribution in [0.1, 0.15) is 21.5 Å². The zero-order chi connectivity index (χ0) is 28.7. The van der Waals surface area contributed by atoms with Crippen LogP contribution in [0.25, 0.3) is 11.2 Å². The smallest absolute Gasteiger partial charge is 0.333 e. The molecule has 0 radical (unpaired) electrons. The predicted molar refractivity (Wildman–Crippen MR) is 145 cm³/mol. The molecular weight excluding hydrogens is 544 g/mol. The standard InChI is InChI=1S/C26H29FN5O7P/c1-17-3-6-19(7-4-17)21(33)15-39-40(35,38-14-18-5-8-22(36-2)20(27)13-18)12-11-37-10-9-32-16-29-23-24(32)30-26(28)31-25(23)34/h3-8,13,16H,9-12,14-15H2,1-2H3,(H3,28,30,31,34). The van der Waals surface area contributed by atoms with Gasteiger partial charge in [0.1, 0.15) is 6.61 Å². The molecule has 1 unspecified atom stereocenters. The number of rotatable bonds is 14. The quantitative estimate of drug-likeness (QED) is 0.130. The van der Waals surface area contributed by atoms with Crippen molar-refractivity contribution in [2.24, 2.45) is 0 Å². The van der Waals surface area contributed by atoms with Gasteiger partial charge in [-0.3, -0.25) is 19.1 Å². The molecular formula is C26H29FN5O7P. The van der Waals surface area contributed by atoms with Crippen LogP contribution in [-0.4, -0.2) is 58.4 Å². The molecule has 0 fully saturated rings. The minimum absolute atomic E-state index is 0.0320. The number of nitrogens with one attached hydrogen (secondary N) is 1. The lowest BCUT2D eigenvalue weighted by molar-refractivity contribution is 0.0885. The first-order chi connectivity index (χ1) is 19.2. The molecule has 14 heteroatoms. The fourth-order valence-electron chi connectivity index (χ4n) is 3.69. The number of benzene rings is 2. The predicted octanol–water partition coefficient (Wildman–Crippen LogP) is 3.48. The van der Waals surface area contributed by atoms with Gasteiger partial charge in [-0.05, 0) is 24.6 Å². The zero-order valence-electron chi connectivity index (χ0n) is 22.0. The number of anilines is 1. The Hall–Kier alpha value is -3.90. The van der Waals surface area contributed by atoms with Gasteiger partial charge in [-0.25, -0.2) is 9.37 Å². The SMILES string of the molecule is COc1ccc(COP(=O)(CCOCCn2cnc3c(=O)[nH]c(N)nc32)OCC(=O)c2ccc(C)cc2)cc1F. The molecule has 0 bridgehead atoms. The van der Waals surface area contributed by atoms with Crippen molar-refractivity contribution in [2.45, 2.75) is 20.1 Å². The summed E-state index contributed by atoms with van der Waals surface area (Å²) in [6.07, 6.45) is 1.28. The molecule has 0 aliphatic heterocycles. The molecule has 2 heterocycles. The van der Waals surface area contributed by atoms with Gasteiger partial charge in [0.05, 0.1) is 39.4 Å². The summed E-state index contributed by atoms with van der Waals surface area (Å²) in [7, 11) is -2.50. The first-order valence-electron chi connectivity index (χ1n) is 12.3. The number of aromatic nitrogens is 4. The monoisotopic (exact) mass is 573 g/mol. The maximum atomic E-state index is 14.1. The van der Waals surface area contributed by atoms with Gasteiger partial charge >= 0.3 is 7.60 Å². The molecule has 0 spiro atoms. The number of imidazole rings is 1. The number of halogens is 1. The molecule has 0 saturated carbocycles. The second kappa shape index (κ2) is 13.0. The highest BCUT2D eigenvalue weighted by Crippen LogP contribution is 2.48. The maximum Gasteiger partial charge on any atom is 0.333 e. The van der Waals surface area contributed by atoms with Crippen molar-refractivity contribution in [3.63, 3.8) is 0 Å². The Morgan fingerprint density at radius 3 is 2.65 bits per heavy atom. The Kier molecular flexibility index (Phi) is 9.43. The van der Waals surface area contributed by atoms with E-state index in [1.54, 1.807) is 34.9 Å². The van der Waals surface area contributed by atoms with E-state index in [-0.39, 0.29) is 55.5 Å². The Bertz CT molecular complexity index is 1590. The third-order valence-electron chi connectivity index (χ3n) is 5.89. The summed E-state index contributed by atoms with van der Waals surface area (Å²) in [5.74, 6) is -0.933. The van der Waals surface area contributed by atoms with E-state index in [2.05, 4.69) is 15.0 Å². The van der Waals surface area contributed by atoms with Crippen LogP contribution in [0.5, 0.6) is 5.75 Å². The van der Waals surface area contributed by atoms with Crippen molar-refractivity contribution >= 4 is 30.5 Å². The number of hydrogen-bond acceptors (Lipinski definition) is 10. The third-order valence-corrected chi connectivity index (χ3v) is 7.66. The molecule has 4 rings (SSSR count). The first kappa shape index (κ1) is 29.1. The van der Waals surface area contributed by atoms with Crippen molar-refractivity contribution in [1.82, 2.24) is 19.5 Å². The van der Waals surface area contributed by atoms with Gasteiger partial charge in [0.15, 0.2) is 28.5 Å². The van der Waals surface area contributed by atoms with Crippen LogP contribution in [0.3, 0.4) is 0 Å². The normalized spacial score (nSPS) is 12.9. The molecule has 4 aromatic rings. The summed E-state index contributed by atoms with van der Waals surface area (Å²) in [5.41, 5.74) is 7.42. The van der Waals surface area contributed by atoms with Crippen LogP contribution >= 0.6 is 7.60 Å². The second-order valence-corrected chi connectivity index (χ2v) is 11.0. The number of ether oxygens (including phenoxy) is 2. The van der Waals surface area contributed by atoms with Crippen LogP contribution in [0, 0.1) is 12.7 Å². The lowest BCUT2D eigenvalue weighted by Gasteiger charge is -2.19. The van der Waals surface area contributed by atoms with Crippen LogP contribution in [0.15, 0.2) is 53.6 Å². The molecule has 12 nitrogen and oxygen atoms in total. The molecule has 0 aliphatic rings. The zero-order valence-corrected chi connectivity index (χ0v) is 22.9. The Morgan fingerprint density at radius 1 is 1.15 bits per heavy atom. The number of nitrogen functional groups attached to an aromatic ring is 1. The van der Waals surface area contributed by atoms with Crippen molar-refractivity contribution in [3.8, 4) is 5.75 Å². The number of aromatic amines is 1. The van der Waals surface area contributed by atoms with E-state index >= 15 is 0 Å². The van der Waals surface area contributed by atoms with Gasteiger partial charge in [-0.2, -0.15) is 4.98 Å². The Balaban J connectivity index is 1.37. The van der Waals surface area contributed by atoms with Gasteiger partial charge in [0.2, 0.25) is 5.95 Å². The van der Waals surface area contributed by atoms with Crippen molar-refractivity contribution in [3.05, 3.63) is 81.7 Å². The van der Waals surface area contributed by atoms with Gasteiger partial charge in [-0.15, -0.1) is 0 Å².